The van der Waals surface area contributed by atoms with Gasteiger partial charge in [0.05, 0.1) is 6.10 Å². The van der Waals surface area contributed by atoms with Gasteiger partial charge in [-0.15, -0.1) is 11.3 Å². The van der Waals surface area contributed by atoms with Crippen LogP contribution < -0.4 is 5.32 Å². The first-order valence-electron chi connectivity index (χ1n) is 5.60. The van der Waals surface area contributed by atoms with Crippen LogP contribution >= 0.6 is 11.3 Å². The van der Waals surface area contributed by atoms with Gasteiger partial charge < -0.3 is 10.1 Å². The van der Waals surface area contributed by atoms with E-state index in [4.69, 9.17) is 4.74 Å². The SMILES string of the molecule is Cc1ccc(C2CNC(C)CC(C)O2)s1. The van der Waals surface area contributed by atoms with Crippen LogP contribution in [-0.4, -0.2) is 18.7 Å². The molecule has 2 rings (SSSR count). The zero-order chi connectivity index (χ0) is 10.8. The van der Waals surface area contributed by atoms with Gasteiger partial charge in [-0.1, -0.05) is 0 Å². The van der Waals surface area contributed by atoms with E-state index in [2.05, 4.69) is 38.2 Å². The van der Waals surface area contributed by atoms with E-state index < -0.39 is 0 Å². The monoisotopic (exact) mass is 225 g/mol. The van der Waals surface area contributed by atoms with E-state index in [0.717, 1.165) is 13.0 Å². The van der Waals surface area contributed by atoms with E-state index in [1.807, 2.05) is 11.3 Å². The van der Waals surface area contributed by atoms with E-state index in [1.165, 1.54) is 9.75 Å². The van der Waals surface area contributed by atoms with Crippen LogP contribution in [0.1, 0.15) is 36.1 Å². The topological polar surface area (TPSA) is 21.3 Å². The maximum atomic E-state index is 6.03. The molecule has 1 aliphatic rings. The average molecular weight is 225 g/mol. The van der Waals surface area contributed by atoms with Gasteiger partial charge in [-0.25, -0.2) is 0 Å². The van der Waals surface area contributed by atoms with Crippen molar-refractivity contribution in [2.24, 2.45) is 0 Å². The molecule has 1 saturated heterocycles. The summed E-state index contributed by atoms with van der Waals surface area (Å²) in [5, 5.41) is 3.51. The van der Waals surface area contributed by atoms with Crippen LogP contribution in [0.5, 0.6) is 0 Å². The fourth-order valence-electron chi connectivity index (χ4n) is 2.07. The van der Waals surface area contributed by atoms with Crippen LogP contribution in [0.15, 0.2) is 12.1 Å². The largest absolute Gasteiger partial charge is 0.368 e. The molecular weight excluding hydrogens is 206 g/mol. The number of ether oxygens (including phenoxy) is 1. The van der Waals surface area contributed by atoms with Crippen molar-refractivity contribution in [1.82, 2.24) is 5.32 Å². The third kappa shape index (κ3) is 2.80. The Balaban J connectivity index is 2.09. The Hall–Kier alpha value is -0.380. The molecule has 2 nitrogen and oxygen atoms in total. The van der Waals surface area contributed by atoms with Crippen molar-refractivity contribution in [3.8, 4) is 0 Å². The number of hydrogen-bond donors (Lipinski definition) is 1. The molecule has 1 aliphatic heterocycles. The lowest BCUT2D eigenvalue weighted by molar-refractivity contribution is 0.00912. The summed E-state index contributed by atoms with van der Waals surface area (Å²) >= 11 is 1.84. The second-order valence-electron chi connectivity index (χ2n) is 4.43. The lowest BCUT2D eigenvalue weighted by atomic mass is 10.2. The van der Waals surface area contributed by atoms with E-state index >= 15 is 0 Å². The first kappa shape index (κ1) is 11.1. The Morgan fingerprint density at radius 3 is 2.87 bits per heavy atom. The highest BCUT2D eigenvalue weighted by Crippen LogP contribution is 2.28. The number of nitrogens with one attached hydrogen (secondary N) is 1. The van der Waals surface area contributed by atoms with Gasteiger partial charge in [0.15, 0.2) is 0 Å². The standard InChI is InChI=1S/C12H19NOS/c1-8-6-9(2)14-11(7-13-8)12-5-4-10(3)15-12/h4-5,8-9,11,13H,6-7H2,1-3H3. The van der Waals surface area contributed by atoms with Crippen molar-refractivity contribution in [2.45, 2.75) is 45.4 Å². The third-order valence-electron chi connectivity index (χ3n) is 2.81. The Morgan fingerprint density at radius 2 is 2.20 bits per heavy atom. The zero-order valence-corrected chi connectivity index (χ0v) is 10.4. The Kier molecular flexibility index (Phi) is 3.44. The van der Waals surface area contributed by atoms with Gasteiger partial charge in [-0.05, 0) is 39.3 Å². The number of rotatable bonds is 1. The molecule has 0 radical (unpaired) electrons. The van der Waals surface area contributed by atoms with E-state index in [1.54, 1.807) is 0 Å². The minimum Gasteiger partial charge on any atom is -0.368 e. The van der Waals surface area contributed by atoms with Gasteiger partial charge >= 0.3 is 0 Å². The summed E-state index contributed by atoms with van der Waals surface area (Å²) in [6, 6.07) is 4.92. The normalized spacial score (nSPS) is 32.6. The molecule has 2 heterocycles. The van der Waals surface area contributed by atoms with Crippen LogP contribution in [0.4, 0.5) is 0 Å². The highest BCUT2D eigenvalue weighted by Gasteiger charge is 2.22. The summed E-state index contributed by atoms with van der Waals surface area (Å²) < 4.78 is 6.03. The predicted molar refractivity (Wildman–Crippen MR) is 64.4 cm³/mol. The van der Waals surface area contributed by atoms with E-state index in [-0.39, 0.29) is 6.10 Å². The van der Waals surface area contributed by atoms with Gasteiger partial charge in [0.1, 0.15) is 6.10 Å². The van der Waals surface area contributed by atoms with Crippen molar-refractivity contribution in [3.05, 3.63) is 21.9 Å². The van der Waals surface area contributed by atoms with Gasteiger partial charge in [0.25, 0.3) is 0 Å². The number of hydrogen-bond acceptors (Lipinski definition) is 3. The van der Waals surface area contributed by atoms with Crippen LogP contribution in [-0.2, 0) is 4.74 Å². The molecule has 3 atom stereocenters. The van der Waals surface area contributed by atoms with Gasteiger partial charge in [-0.2, -0.15) is 0 Å². The van der Waals surface area contributed by atoms with Crippen LogP contribution in [0.2, 0.25) is 0 Å². The Bertz CT molecular complexity index is 323. The maximum Gasteiger partial charge on any atom is 0.104 e. The highest BCUT2D eigenvalue weighted by atomic mass is 32.1. The first-order chi connectivity index (χ1) is 7.15. The molecular formula is C12H19NOS. The summed E-state index contributed by atoms with van der Waals surface area (Å²) in [7, 11) is 0. The van der Waals surface area contributed by atoms with Crippen molar-refractivity contribution in [1.29, 1.82) is 0 Å². The summed E-state index contributed by atoms with van der Waals surface area (Å²) in [5.74, 6) is 0. The molecule has 0 spiro atoms. The fourth-order valence-corrected chi connectivity index (χ4v) is 2.98. The van der Waals surface area contributed by atoms with Gasteiger partial charge in [-0.3, -0.25) is 0 Å². The molecule has 1 aromatic rings. The summed E-state index contributed by atoms with van der Waals surface area (Å²) in [4.78, 5) is 2.71. The molecule has 1 aromatic heterocycles. The Morgan fingerprint density at radius 1 is 1.40 bits per heavy atom. The van der Waals surface area contributed by atoms with E-state index in [0.29, 0.717) is 12.1 Å². The lowest BCUT2D eigenvalue weighted by Crippen LogP contribution is -2.27. The van der Waals surface area contributed by atoms with Gasteiger partial charge in [0, 0.05) is 22.3 Å². The molecule has 0 amide bonds. The fraction of sp³-hybridized carbons (Fsp3) is 0.667. The Labute approximate surface area is 95.6 Å². The van der Waals surface area contributed by atoms with Crippen LogP contribution in [0.3, 0.4) is 0 Å². The van der Waals surface area contributed by atoms with Gasteiger partial charge in [0.2, 0.25) is 0 Å². The lowest BCUT2D eigenvalue weighted by Gasteiger charge is -2.16. The second kappa shape index (κ2) is 4.64. The molecule has 0 aromatic carbocycles. The molecule has 1 N–H and O–H groups in total. The summed E-state index contributed by atoms with van der Waals surface area (Å²) in [5.41, 5.74) is 0. The first-order valence-corrected chi connectivity index (χ1v) is 6.42. The molecule has 0 aliphatic carbocycles. The van der Waals surface area contributed by atoms with Crippen molar-refractivity contribution < 1.29 is 4.74 Å². The van der Waals surface area contributed by atoms with Crippen LogP contribution in [0.25, 0.3) is 0 Å². The van der Waals surface area contributed by atoms with Crippen molar-refractivity contribution in [2.75, 3.05) is 6.54 Å². The number of aryl methyl sites for hydroxylation is 1. The van der Waals surface area contributed by atoms with Crippen LogP contribution in [0, 0.1) is 6.92 Å². The van der Waals surface area contributed by atoms with E-state index in [9.17, 15) is 0 Å². The molecule has 1 fully saturated rings. The molecule has 15 heavy (non-hydrogen) atoms. The summed E-state index contributed by atoms with van der Waals surface area (Å²) in [6.45, 7) is 7.47. The zero-order valence-electron chi connectivity index (χ0n) is 9.62. The molecule has 3 heteroatoms. The molecule has 0 bridgehead atoms. The quantitative estimate of drug-likeness (QED) is 0.793. The van der Waals surface area contributed by atoms with Crippen molar-refractivity contribution in [3.63, 3.8) is 0 Å². The van der Waals surface area contributed by atoms with Crippen molar-refractivity contribution >= 4 is 11.3 Å². The summed E-state index contributed by atoms with van der Waals surface area (Å²) in [6.07, 6.45) is 1.69. The minimum atomic E-state index is 0.239. The second-order valence-corrected chi connectivity index (χ2v) is 5.75. The maximum absolute atomic E-state index is 6.03. The predicted octanol–water partition coefficient (Wildman–Crippen LogP) is 2.88. The molecule has 84 valence electrons. The minimum absolute atomic E-state index is 0.239. The number of thiophene rings is 1. The third-order valence-corrected chi connectivity index (χ3v) is 3.90. The molecule has 0 saturated carbocycles. The smallest absolute Gasteiger partial charge is 0.104 e. The molecule has 3 unspecified atom stereocenters. The average Bonchev–Trinajstić information content (AvgIpc) is 2.51. The highest BCUT2D eigenvalue weighted by molar-refractivity contribution is 7.12.